The number of H-pyrrole nitrogens is 1. The number of carbonyl (C=O) groups is 1. The molecule has 10 heteroatoms. The summed E-state index contributed by atoms with van der Waals surface area (Å²) in [5, 5.41) is 0.422. The Kier molecular flexibility index (Phi) is 5.65. The number of nitrogens with one attached hydrogen (secondary N) is 2. The highest BCUT2D eigenvalue weighted by Gasteiger charge is 2.25. The number of hydrogen-bond donors (Lipinski definition) is 2. The third-order valence-electron chi connectivity index (χ3n) is 5.89. The highest BCUT2D eigenvalue weighted by Crippen LogP contribution is 2.31. The molecule has 4 heterocycles. The SMILES string of the molecule is O=C(c1c(F)ccc(NSc2cccc(F)c2)c1F)c1c[nH]c2ncc(-c3cccc4nccn34)cc12. The van der Waals surface area contributed by atoms with E-state index in [4.69, 9.17) is 0 Å². The minimum Gasteiger partial charge on any atom is -0.345 e. The fourth-order valence-corrected chi connectivity index (χ4v) is 4.84. The topological polar surface area (TPSA) is 75.1 Å². The molecular formula is C27H16F3N5OS. The number of fused-ring (bicyclic) bond motifs is 2. The van der Waals surface area contributed by atoms with Crippen molar-refractivity contribution in [2.75, 3.05) is 4.72 Å². The molecule has 0 aliphatic rings. The first-order valence-electron chi connectivity index (χ1n) is 11.1. The molecule has 2 N–H and O–H groups in total. The van der Waals surface area contributed by atoms with Gasteiger partial charge in [-0.1, -0.05) is 12.1 Å². The predicted octanol–water partition coefficient (Wildman–Crippen LogP) is 6.65. The number of rotatable bonds is 6. The molecule has 182 valence electrons. The number of imidazole rings is 1. The molecule has 0 spiro atoms. The lowest BCUT2D eigenvalue weighted by Crippen LogP contribution is -2.09. The highest BCUT2D eigenvalue weighted by molar-refractivity contribution is 8.00. The first-order valence-corrected chi connectivity index (χ1v) is 11.9. The third kappa shape index (κ3) is 4.11. The van der Waals surface area contributed by atoms with Crippen LogP contribution in [0, 0.1) is 17.5 Å². The Labute approximate surface area is 212 Å². The van der Waals surface area contributed by atoms with Crippen molar-refractivity contribution in [3.8, 4) is 11.3 Å². The standard InChI is InChI=1S/C27H16F3N5OS/c28-16-3-1-4-17(12-16)37-34-21-8-7-20(29)24(25(21)30)26(36)19-14-33-27-18(19)11-15(13-32-27)22-5-2-6-23-31-9-10-35(22)23/h1-14,34H,(H,32,33). The van der Waals surface area contributed by atoms with E-state index in [2.05, 4.69) is 19.7 Å². The normalized spacial score (nSPS) is 11.3. The van der Waals surface area contributed by atoms with E-state index in [0.29, 0.717) is 21.5 Å². The van der Waals surface area contributed by atoms with Crippen LogP contribution in [-0.2, 0) is 0 Å². The van der Waals surface area contributed by atoms with Crippen LogP contribution in [0.3, 0.4) is 0 Å². The van der Waals surface area contributed by atoms with Crippen LogP contribution >= 0.6 is 11.9 Å². The lowest BCUT2D eigenvalue weighted by molar-refractivity contribution is 0.103. The molecule has 0 atom stereocenters. The van der Waals surface area contributed by atoms with Gasteiger partial charge in [-0.15, -0.1) is 0 Å². The van der Waals surface area contributed by atoms with Gasteiger partial charge in [0.2, 0.25) is 5.78 Å². The third-order valence-corrected chi connectivity index (χ3v) is 6.70. The fourth-order valence-electron chi connectivity index (χ4n) is 4.13. The van der Waals surface area contributed by atoms with Gasteiger partial charge in [-0.05, 0) is 60.5 Å². The van der Waals surface area contributed by atoms with Crippen LogP contribution in [0.4, 0.5) is 18.9 Å². The number of benzene rings is 2. The fraction of sp³-hybridized carbons (Fsp3) is 0. The van der Waals surface area contributed by atoms with E-state index >= 15 is 4.39 Å². The lowest BCUT2D eigenvalue weighted by Gasteiger charge is -2.11. The summed E-state index contributed by atoms with van der Waals surface area (Å²) in [7, 11) is 0. The second kappa shape index (κ2) is 9.14. The molecule has 0 aliphatic carbocycles. The van der Waals surface area contributed by atoms with E-state index in [1.54, 1.807) is 24.5 Å². The Morgan fingerprint density at radius 3 is 2.73 bits per heavy atom. The average molecular weight is 516 g/mol. The smallest absolute Gasteiger partial charge is 0.201 e. The van der Waals surface area contributed by atoms with Crippen molar-refractivity contribution in [3.05, 3.63) is 114 Å². The van der Waals surface area contributed by atoms with Gasteiger partial charge in [0.05, 0.1) is 16.9 Å². The van der Waals surface area contributed by atoms with Gasteiger partial charge in [-0.25, -0.2) is 23.1 Å². The number of carbonyl (C=O) groups excluding carboxylic acids is 1. The number of pyridine rings is 2. The molecule has 0 fully saturated rings. The van der Waals surface area contributed by atoms with Crippen LogP contribution in [-0.4, -0.2) is 25.1 Å². The Hall–Kier alpha value is -4.57. The number of ketones is 1. The van der Waals surface area contributed by atoms with Crippen molar-refractivity contribution in [1.29, 1.82) is 0 Å². The molecule has 37 heavy (non-hydrogen) atoms. The maximum Gasteiger partial charge on any atom is 0.201 e. The molecule has 6 nitrogen and oxygen atoms in total. The Morgan fingerprint density at radius 1 is 1.00 bits per heavy atom. The number of aromatic nitrogens is 4. The summed E-state index contributed by atoms with van der Waals surface area (Å²) in [5.74, 6) is -3.32. The summed E-state index contributed by atoms with van der Waals surface area (Å²) in [6.07, 6.45) is 6.53. The lowest BCUT2D eigenvalue weighted by atomic mass is 10.0. The second-order valence-corrected chi connectivity index (χ2v) is 9.04. The van der Waals surface area contributed by atoms with Crippen molar-refractivity contribution in [3.63, 3.8) is 0 Å². The van der Waals surface area contributed by atoms with Gasteiger partial charge in [0.1, 0.15) is 22.9 Å². The Balaban J connectivity index is 1.38. The summed E-state index contributed by atoms with van der Waals surface area (Å²) < 4.78 is 48.3. The zero-order chi connectivity index (χ0) is 25.5. The summed E-state index contributed by atoms with van der Waals surface area (Å²) in [6.45, 7) is 0. The molecule has 0 bridgehead atoms. The summed E-state index contributed by atoms with van der Waals surface area (Å²) in [4.78, 5) is 25.5. The predicted molar refractivity (Wildman–Crippen MR) is 136 cm³/mol. The van der Waals surface area contributed by atoms with Crippen molar-refractivity contribution in [2.45, 2.75) is 4.90 Å². The minimum absolute atomic E-state index is 0.0786. The van der Waals surface area contributed by atoms with Crippen LogP contribution in [0.25, 0.3) is 27.9 Å². The van der Waals surface area contributed by atoms with Gasteiger partial charge in [0, 0.05) is 46.2 Å². The molecule has 6 rings (SSSR count). The zero-order valence-electron chi connectivity index (χ0n) is 18.9. The van der Waals surface area contributed by atoms with E-state index < -0.39 is 28.8 Å². The van der Waals surface area contributed by atoms with Crippen molar-refractivity contribution >= 4 is 40.1 Å². The van der Waals surface area contributed by atoms with Crippen molar-refractivity contribution < 1.29 is 18.0 Å². The molecule has 2 aromatic carbocycles. The minimum atomic E-state index is -1.05. The number of hydrogen-bond acceptors (Lipinski definition) is 5. The quantitative estimate of drug-likeness (QED) is 0.192. The molecule has 0 amide bonds. The van der Waals surface area contributed by atoms with E-state index in [-0.39, 0.29) is 11.3 Å². The highest BCUT2D eigenvalue weighted by atomic mass is 32.2. The van der Waals surface area contributed by atoms with Gasteiger partial charge in [0.25, 0.3) is 0 Å². The molecular weight excluding hydrogens is 499 g/mol. The van der Waals surface area contributed by atoms with E-state index in [9.17, 15) is 13.6 Å². The van der Waals surface area contributed by atoms with E-state index in [1.165, 1.54) is 30.5 Å². The Bertz CT molecular complexity index is 1810. The second-order valence-electron chi connectivity index (χ2n) is 8.16. The first kappa shape index (κ1) is 22.9. The van der Waals surface area contributed by atoms with Gasteiger partial charge < -0.3 is 9.71 Å². The summed E-state index contributed by atoms with van der Waals surface area (Å²) in [5.41, 5.74) is 1.91. The van der Waals surface area contributed by atoms with Crippen molar-refractivity contribution in [1.82, 2.24) is 19.4 Å². The molecule has 0 saturated heterocycles. The molecule has 6 aromatic rings. The molecule has 0 unspecified atom stereocenters. The number of anilines is 1. The van der Waals surface area contributed by atoms with Crippen LogP contribution < -0.4 is 4.72 Å². The van der Waals surface area contributed by atoms with E-state index in [1.807, 2.05) is 28.8 Å². The Morgan fingerprint density at radius 2 is 1.86 bits per heavy atom. The van der Waals surface area contributed by atoms with Crippen LogP contribution in [0.15, 0.2) is 90.3 Å². The molecule has 0 aliphatic heterocycles. The van der Waals surface area contributed by atoms with Gasteiger partial charge in [-0.3, -0.25) is 9.20 Å². The first-order chi connectivity index (χ1) is 18.0. The molecule has 4 aromatic heterocycles. The van der Waals surface area contributed by atoms with Crippen LogP contribution in [0.2, 0.25) is 0 Å². The average Bonchev–Trinajstić information content (AvgIpc) is 3.55. The maximum atomic E-state index is 15.4. The van der Waals surface area contributed by atoms with Crippen LogP contribution in [0.1, 0.15) is 15.9 Å². The number of aromatic amines is 1. The maximum absolute atomic E-state index is 15.4. The number of halogens is 3. The molecule has 0 saturated carbocycles. The zero-order valence-corrected chi connectivity index (χ0v) is 19.7. The van der Waals surface area contributed by atoms with Gasteiger partial charge >= 0.3 is 0 Å². The van der Waals surface area contributed by atoms with Crippen LogP contribution in [0.5, 0.6) is 0 Å². The van der Waals surface area contributed by atoms with E-state index in [0.717, 1.165) is 29.4 Å². The van der Waals surface area contributed by atoms with Gasteiger partial charge in [-0.2, -0.15) is 0 Å². The number of nitrogens with zero attached hydrogens (tertiary/aromatic N) is 3. The van der Waals surface area contributed by atoms with Crippen molar-refractivity contribution in [2.24, 2.45) is 0 Å². The molecule has 0 radical (unpaired) electrons. The summed E-state index contributed by atoms with van der Waals surface area (Å²) in [6, 6.07) is 15.3. The largest absolute Gasteiger partial charge is 0.345 e. The monoisotopic (exact) mass is 515 g/mol. The van der Waals surface area contributed by atoms with Gasteiger partial charge in [0.15, 0.2) is 5.82 Å². The summed E-state index contributed by atoms with van der Waals surface area (Å²) >= 11 is 0.942.